The van der Waals surface area contributed by atoms with E-state index in [4.69, 9.17) is 4.42 Å². The maximum absolute atomic E-state index is 12.9. The maximum Gasteiger partial charge on any atom is 0.237 e. The molecule has 2 heterocycles. The average molecular weight is 461 g/mol. The Morgan fingerprint density at radius 1 is 0.939 bits per heavy atom. The highest BCUT2D eigenvalue weighted by atomic mass is 32.2. The van der Waals surface area contributed by atoms with E-state index in [1.165, 1.54) is 17.3 Å². The van der Waals surface area contributed by atoms with Gasteiger partial charge in [-0.15, -0.1) is 10.2 Å². The van der Waals surface area contributed by atoms with E-state index < -0.39 is 0 Å². The molecule has 0 fully saturated rings. The van der Waals surface area contributed by atoms with Gasteiger partial charge in [-0.25, -0.2) is 0 Å². The van der Waals surface area contributed by atoms with Crippen molar-refractivity contribution in [2.75, 3.05) is 5.32 Å². The van der Waals surface area contributed by atoms with Gasteiger partial charge in [-0.1, -0.05) is 68.1 Å². The molecule has 6 nitrogen and oxygen atoms in total. The summed E-state index contributed by atoms with van der Waals surface area (Å²) < 4.78 is 7.34. The number of nitrogens with one attached hydrogen (secondary N) is 1. The molecule has 0 spiro atoms. The maximum atomic E-state index is 12.9. The largest absolute Gasteiger partial charge is 0.472 e. The number of benzene rings is 2. The van der Waals surface area contributed by atoms with Gasteiger partial charge in [0.15, 0.2) is 11.0 Å². The lowest BCUT2D eigenvalue weighted by Gasteiger charge is -2.19. The molecule has 4 rings (SSSR count). The second kappa shape index (κ2) is 10.1. The van der Waals surface area contributed by atoms with Gasteiger partial charge in [0.25, 0.3) is 0 Å². The Hall–Kier alpha value is -3.32. The number of hydrogen-bond acceptors (Lipinski definition) is 5. The van der Waals surface area contributed by atoms with Gasteiger partial charge in [-0.3, -0.25) is 9.36 Å². The minimum Gasteiger partial charge on any atom is -0.472 e. The van der Waals surface area contributed by atoms with Crippen molar-refractivity contribution >= 4 is 23.4 Å². The number of nitrogens with zero attached hydrogens (tertiary/aromatic N) is 3. The molecule has 33 heavy (non-hydrogen) atoms. The third-order valence-electron chi connectivity index (χ3n) is 5.61. The van der Waals surface area contributed by atoms with Crippen molar-refractivity contribution in [3.05, 3.63) is 84.3 Å². The van der Waals surface area contributed by atoms with Crippen LogP contribution < -0.4 is 5.32 Å². The lowest BCUT2D eigenvalue weighted by atomic mass is 10.0. The summed E-state index contributed by atoms with van der Waals surface area (Å²) in [6.07, 6.45) is 3.28. The molecule has 0 aliphatic rings. The lowest BCUT2D eigenvalue weighted by molar-refractivity contribution is -0.115. The van der Waals surface area contributed by atoms with E-state index in [2.05, 4.69) is 53.0 Å². The van der Waals surface area contributed by atoms with Crippen LogP contribution in [0.4, 0.5) is 5.69 Å². The molecule has 0 saturated heterocycles. The standard InChI is InChI=1S/C26H28N4O2S/c1-17(2)20-10-12-23(13-11-20)27-25(31)19(4)33-26-29-28-24(22-14-15-32-16-22)30(26)18(3)21-8-6-5-7-9-21/h5-19H,1-4H3,(H,27,31). The summed E-state index contributed by atoms with van der Waals surface area (Å²) in [6, 6.07) is 20.0. The molecule has 0 saturated carbocycles. The summed E-state index contributed by atoms with van der Waals surface area (Å²) in [5.41, 5.74) is 4.01. The first-order chi connectivity index (χ1) is 15.9. The van der Waals surface area contributed by atoms with Crippen molar-refractivity contribution in [1.29, 1.82) is 0 Å². The summed E-state index contributed by atoms with van der Waals surface area (Å²) in [6.45, 7) is 8.28. The predicted molar refractivity (Wildman–Crippen MR) is 132 cm³/mol. The molecule has 7 heteroatoms. The summed E-state index contributed by atoms with van der Waals surface area (Å²) in [4.78, 5) is 12.9. The smallest absolute Gasteiger partial charge is 0.237 e. The zero-order valence-corrected chi connectivity index (χ0v) is 20.0. The van der Waals surface area contributed by atoms with Crippen molar-refractivity contribution in [2.45, 2.75) is 50.1 Å². The highest BCUT2D eigenvalue weighted by molar-refractivity contribution is 8.00. The number of aromatic nitrogens is 3. The van der Waals surface area contributed by atoms with E-state index in [0.717, 1.165) is 16.8 Å². The summed E-state index contributed by atoms with van der Waals surface area (Å²) in [5.74, 6) is 1.08. The van der Waals surface area contributed by atoms with Crippen LogP contribution >= 0.6 is 11.8 Å². The fourth-order valence-electron chi connectivity index (χ4n) is 3.58. The molecule has 2 aromatic carbocycles. The van der Waals surface area contributed by atoms with Crippen LogP contribution in [0, 0.1) is 0 Å². The van der Waals surface area contributed by atoms with Gasteiger partial charge >= 0.3 is 0 Å². The van der Waals surface area contributed by atoms with Crippen LogP contribution in [0.25, 0.3) is 11.4 Å². The molecule has 0 radical (unpaired) electrons. The monoisotopic (exact) mass is 460 g/mol. The van der Waals surface area contributed by atoms with Crippen molar-refractivity contribution in [3.8, 4) is 11.4 Å². The summed E-state index contributed by atoms with van der Waals surface area (Å²) in [7, 11) is 0. The van der Waals surface area contributed by atoms with Crippen LogP contribution in [-0.4, -0.2) is 25.9 Å². The fourth-order valence-corrected chi connectivity index (χ4v) is 4.51. The highest BCUT2D eigenvalue weighted by Gasteiger charge is 2.24. The van der Waals surface area contributed by atoms with Gasteiger partial charge in [-0.2, -0.15) is 0 Å². The number of thioether (sulfide) groups is 1. The van der Waals surface area contributed by atoms with Crippen LogP contribution in [-0.2, 0) is 4.79 Å². The third-order valence-corrected chi connectivity index (χ3v) is 6.67. The number of anilines is 1. The second-order valence-corrected chi connectivity index (χ2v) is 9.61. The van der Waals surface area contributed by atoms with Gasteiger partial charge in [0.2, 0.25) is 5.91 Å². The molecule has 2 unspecified atom stereocenters. The Balaban J connectivity index is 1.56. The number of hydrogen-bond donors (Lipinski definition) is 1. The van der Waals surface area contributed by atoms with E-state index in [-0.39, 0.29) is 17.2 Å². The minimum atomic E-state index is -0.363. The van der Waals surface area contributed by atoms with Crippen LogP contribution in [0.3, 0.4) is 0 Å². The van der Waals surface area contributed by atoms with E-state index in [1.54, 1.807) is 12.5 Å². The highest BCUT2D eigenvalue weighted by Crippen LogP contribution is 2.33. The Morgan fingerprint density at radius 3 is 2.30 bits per heavy atom. The Labute approximate surface area is 198 Å². The van der Waals surface area contributed by atoms with Crippen LogP contribution in [0.15, 0.2) is 82.8 Å². The zero-order chi connectivity index (χ0) is 23.4. The fraction of sp³-hybridized carbons (Fsp3) is 0.269. The average Bonchev–Trinajstić information content (AvgIpc) is 3.49. The second-order valence-electron chi connectivity index (χ2n) is 8.30. The number of carbonyl (C=O) groups is 1. The SMILES string of the molecule is CC(Sc1nnc(-c2ccoc2)n1C(C)c1ccccc1)C(=O)Nc1ccc(C(C)C)cc1. The number of rotatable bonds is 8. The minimum absolute atomic E-state index is 0.0209. The molecule has 0 aliphatic carbocycles. The molecule has 1 amide bonds. The number of amides is 1. The lowest BCUT2D eigenvalue weighted by Crippen LogP contribution is -2.23. The van der Waals surface area contributed by atoms with Crippen molar-refractivity contribution < 1.29 is 9.21 Å². The van der Waals surface area contributed by atoms with Crippen molar-refractivity contribution in [2.24, 2.45) is 0 Å². The van der Waals surface area contributed by atoms with Gasteiger partial charge in [0, 0.05) is 5.69 Å². The topological polar surface area (TPSA) is 73.0 Å². The van der Waals surface area contributed by atoms with Crippen molar-refractivity contribution in [1.82, 2.24) is 14.8 Å². The molecule has 2 atom stereocenters. The van der Waals surface area contributed by atoms with Gasteiger partial charge < -0.3 is 9.73 Å². The molecule has 1 N–H and O–H groups in total. The molecule has 0 aliphatic heterocycles. The normalized spacial score (nSPS) is 13.1. The Bertz CT molecular complexity index is 1190. The van der Waals surface area contributed by atoms with E-state index in [1.807, 2.05) is 55.5 Å². The van der Waals surface area contributed by atoms with E-state index >= 15 is 0 Å². The van der Waals surface area contributed by atoms with E-state index in [9.17, 15) is 4.79 Å². The predicted octanol–water partition coefficient (Wildman–Crippen LogP) is 6.39. The molecule has 0 bridgehead atoms. The van der Waals surface area contributed by atoms with Crippen LogP contribution in [0.5, 0.6) is 0 Å². The Kier molecular flexibility index (Phi) is 6.99. The first kappa shape index (κ1) is 22.9. The number of carbonyl (C=O) groups excluding carboxylic acids is 1. The Morgan fingerprint density at radius 2 is 1.67 bits per heavy atom. The van der Waals surface area contributed by atoms with Crippen LogP contribution in [0.1, 0.15) is 50.8 Å². The summed E-state index contributed by atoms with van der Waals surface area (Å²) in [5, 5.41) is 12.2. The summed E-state index contributed by atoms with van der Waals surface area (Å²) >= 11 is 1.39. The van der Waals surface area contributed by atoms with Crippen LogP contribution in [0.2, 0.25) is 0 Å². The quantitative estimate of drug-likeness (QED) is 0.308. The number of furan rings is 1. The first-order valence-electron chi connectivity index (χ1n) is 11.0. The van der Waals surface area contributed by atoms with E-state index in [0.29, 0.717) is 16.9 Å². The van der Waals surface area contributed by atoms with Gasteiger partial charge in [0.1, 0.15) is 6.26 Å². The third kappa shape index (κ3) is 5.20. The molecule has 2 aromatic heterocycles. The van der Waals surface area contributed by atoms with Crippen molar-refractivity contribution in [3.63, 3.8) is 0 Å². The molecular weight excluding hydrogens is 432 g/mol. The first-order valence-corrected chi connectivity index (χ1v) is 11.9. The van der Waals surface area contributed by atoms with Gasteiger partial charge in [0.05, 0.1) is 23.1 Å². The molecule has 4 aromatic rings. The molecule has 170 valence electrons. The zero-order valence-electron chi connectivity index (χ0n) is 19.2. The molecular formula is C26H28N4O2S. The van der Waals surface area contributed by atoms with Gasteiger partial charge in [-0.05, 0) is 49.1 Å².